The number of hydrogen-bond acceptors (Lipinski definition) is 3. The lowest BCUT2D eigenvalue weighted by Crippen LogP contribution is -2.43. The summed E-state index contributed by atoms with van der Waals surface area (Å²) in [6.07, 6.45) is 0.385. The molecule has 0 saturated carbocycles. The average Bonchev–Trinajstić information content (AvgIpc) is 2.57. The molecule has 1 unspecified atom stereocenters. The first kappa shape index (κ1) is 17.5. The number of hydrogen-bond donors (Lipinski definition) is 2. The molecule has 0 saturated heterocycles. The molecule has 126 valence electrons. The zero-order chi connectivity index (χ0) is 17.4. The van der Waals surface area contributed by atoms with E-state index in [2.05, 4.69) is 5.32 Å². The van der Waals surface area contributed by atoms with Crippen molar-refractivity contribution < 1.29 is 19.4 Å². The Hall–Kier alpha value is -2.82. The van der Waals surface area contributed by atoms with Gasteiger partial charge in [0.25, 0.3) is 0 Å². The average molecular weight is 327 g/mol. The first-order valence-electron chi connectivity index (χ1n) is 7.86. The Bertz CT molecular complexity index is 668. The molecule has 0 heterocycles. The molecule has 2 aromatic rings. The Morgan fingerprint density at radius 2 is 1.71 bits per heavy atom. The van der Waals surface area contributed by atoms with E-state index in [9.17, 15) is 14.7 Å². The predicted octanol–water partition coefficient (Wildman–Crippen LogP) is 2.44. The first-order chi connectivity index (χ1) is 11.6. The van der Waals surface area contributed by atoms with Gasteiger partial charge < -0.3 is 15.2 Å². The number of benzene rings is 2. The molecule has 1 amide bonds. The topological polar surface area (TPSA) is 75.6 Å². The van der Waals surface area contributed by atoms with E-state index in [4.69, 9.17) is 4.74 Å². The van der Waals surface area contributed by atoms with Crippen LogP contribution < -0.4 is 10.1 Å². The molecule has 0 aliphatic carbocycles. The Balaban J connectivity index is 1.94. The highest BCUT2D eigenvalue weighted by atomic mass is 16.5. The Morgan fingerprint density at radius 3 is 2.29 bits per heavy atom. The number of carboxylic acids is 1. The molecule has 0 bridgehead atoms. The van der Waals surface area contributed by atoms with Crippen LogP contribution in [0.2, 0.25) is 0 Å². The van der Waals surface area contributed by atoms with E-state index in [1.54, 1.807) is 24.3 Å². The van der Waals surface area contributed by atoms with Gasteiger partial charge in [0, 0.05) is 6.42 Å². The molecular formula is C19H21NO4. The number of rotatable bonds is 8. The van der Waals surface area contributed by atoms with Crippen LogP contribution in [-0.2, 0) is 22.4 Å². The summed E-state index contributed by atoms with van der Waals surface area (Å²) in [5.74, 6) is -0.615. The minimum Gasteiger partial charge on any atom is -0.494 e. The van der Waals surface area contributed by atoms with Crippen molar-refractivity contribution in [1.82, 2.24) is 5.32 Å². The fourth-order valence-corrected chi connectivity index (χ4v) is 2.35. The van der Waals surface area contributed by atoms with Gasteiger partial charge in [0.1, 0.15) is 11.8 Å². The lowest BCUT2D eigenvalue weighted by atomic mass is 10.1. The molecule has 0 spiro atoms. The van der Waals surface area contributed by atoms with Gasteiger partial charge in [0.05, 0.1) is 13.0 Å². The van der Waals surface area contributed by atoms with Crippen molar-refractivity contribution >= 4 is 11.9 Å². The molecular weight excluding hydrogens is 306 g/mol. The van der Waals surface area contributed by atoms with Crippen molar-refractivity contribution in [3.63, 3.8) is 0 Å². The molecule has 2 rings (SSSR count). The third-order valence-corrected chi connectivity index (χ3v) is 3.52. The van der Waals surface area contributed by atoms with Crippen LogP contribution in [-0.4, -0.2) is 29.6 Å². The quantitative estimate of drug-likeness (QED) is 0.781. The van der Waals surface area contributed by atoms with Crippen LogP contribution >= 0.6 is 0 Å². The Labute approximate surface area is 141 Å². The Kier molecular flexibility index (Phi) is 6.37. The number of carbonyl (C=O) groups excluding carboxylic acids is 1. The van der Waals surface area contributed by atoms with Crippen LogP contribution in [0.4, 0.5) is 0 Å². The molecule has 1 atom stereocenters. The monoisotopic (exact) mass is 327 g/mol. The third-order valence-electron chi connectivity index (χ3n) is 3.52. The van der Waals surface area contributed by atoms with E-state index >= 15 is 0 Å². The highest BCUT2D eigenvalue weighted by molar-refractivity contribution is 5.85. The molecule has 5 heteroatoms. The number of nitrogens with one attached hydrogen (secondary N) is 1. The minimum atomic E-state index is -1.04. The van der Waals surface area contributed by atoms with Gasteiger partial charge in [0.15, 0.2) is 0 Å². The smallest absolute Gasteiger partial charge is 0.326 e. The second-order valence-corrected chi connectivity index (χ2v) is 5.40. The van der Waals surface area contributed by atoms with E-state index in [0.29, 0.717) is 6.61 Å². The minimum absolute atomic E-state index is 0.130. The van der Waals surface area contributed by atoms with Gasteiger partial charge in [-0.25, -0.2) is 4.79 Å². The predicted molar refractivity (Wildman–Crippen MR) is 91.0 cm³/mol. The van der Waals surface area contributed by atoms with Crippen molar-refractivity contribution in [2.75, 3.05) is 6.61 Å². The van der Waals surface area contributed by atoms with Crippen molar-refractivity contribution in [3.05, 3.63) is 65.7 Å². The molecule has 2 aromatic carbocycles. The summed E-state index contributed by atoms with van der Waals surface area (Å²) in [5, 5.41) is 11.9. The van der Waals surface area contributed by atoms with E-state index in [1.165, 1.54) is 0 Å². The Morgan fingerprint density at radius 1 is 1.04 bits per heavy atom. The van der Waals surface area contributed by atoms with Crippen molar-refractivity contribution in [2.45, 2.75) is 25.8 Å². The van der Waals surface area contributed by atoms with Gasteiger partial charge in [-0.1, -0.05) is 42.5 Å². The van der Waals surface area contributed by atoms with Gasteiger partial charge >= 0.3 is 5.97 Å². The maximum Gasteiger partial charge on any atom is 0.326 e. The van der Waals surface area contributed by atoms with Crippen LogP contribution in [0.1, 0.15) is 18.1 Å². The lowest BCUT2D eigenvalue weighted by Gasteiger charge is -2.15. The van der Waals surface area contributed by atoms with Crippen LogP contribution in [0.25, 0.3) is 0 Å². The van der Waals surface area contributed by atoms with Crippen LogP contribution in [0, 0.1) is 0 Å². The highest BCUT2D eigenvalue weighted by Gasteiger charge is 2.20. The molecule has 0 radical (unpaired) electrons. The fraction of sp³-hybridized carbons (Fsp3) is 0.263. The summed E-state index contributed by atoms with van der Waals surface area (Å²) >= 11 is 0. The molecule has 24 heavy (non-hydrogen) atoms. The SMILES string of the molecule is CCOc1ccc(CC(=O)NC(Cc2ccccc2)C(=O)O)cc1. The van der Waals surface area contributed by atoms with Gasteiger partial charge in [-0.3, -0.25) is 4.79 Å². The van der Waals surface area contributed by atoms with Crippen molar-refractivity contribution in [1.29, 1.82) is 0 Å². The second-order valence-electron chi connectivity index (χ2n) is 5.40. The number of carbonyl (C=O) groups is 2. The number of carboxylic acid groups (broad SMARTS) is 1. The van der Waals surface area contributed by atoms with Gasteiger partial charge in [-0.05, 0) is 30.2 Å². The van der Waals surface area contributed by atoms with Crippen LogP contribution in [0.3, 0.4) is 0 Å². The summed E-state index contributed by atoms with van der Waals surface area (Å²) in [4.78, 5) is 23.5. The molecule has 0 fully saturated rings. The fourth-order valence-electron chi connectivity index (χ4n) is 2.35. The van der Waals surface area contributed by atoms with E-state index in [0.717, 1.165) is 16.9 Å². The zero-order valence-corrected chi connectivity index (χ0v) is 13.6. The lowest BCUT2D eigenvalue weighted by molar-refractivity contribution is -0.141. The van der Waals surface area contributed by atoms with Crippen LogP contribution in [0.15, 0.2) is 54.6 Å². The molecule has 2 N–H and O–H groups in total. The summed E-state index contributed by atoms with van der Waals surface area (Å²) in [6.45, 7) is 2.49. The molecule has 0 aliphatic heterocycles. The summed E-state index contributed by atoms with van der Waals surface area (Å²) in [7, 11) is 0. The van der Waals surface area contributed by atoms with Gasteiger partial charge in [-0.15, -0.1) is 0 Å². The maximum atomic E-state index is 12.1. The molecule has 5 nitrogen and oxygen atoms in total. The summed E-state index contributed by atoms with van der Waals surface area (Å²) in [5.41, 5.74) is 1.67. The normalized spacial score (nSPS) is 11.5. The summed E-state index contributed by atoms with van der Waals surface area (Å²) in [6, 6.07) is 15.5. The van der Waals surface area contributed by atoms with E-state index < -0.39 is 12.0 Å². The van der Waals surface area contributed by atoms with Crippen molar-refractivity contribution in [2.24, 2.45) is 0 Å². The van der Waals surface area contributed by atoms with Gasteiger partial charge in [0.2, 0.25) is 5.91 Å². The first-order valence-corrected chi connectivity index (χ1v) is 7.86. The number of amides is 1. The van der Waals surface area contributed by atoms with E-state index in [-0.39, 0.29) is 18.7 Å². The molecule has 0 aromatic heterocycles. The van der Waals surface area contributed by atoms with E-state index in [1.807, 2.05) is 37.3 Å². The third kappa shape index (κ3) is 5.43. The number of ether oxygens (including phenoxy) is 1. The zero-order valence-electron chi connectivity index (χ0n) is 13.6. The van der Waals surface area contributed by atoms with Crippen LogP contribution in [0.5, 0.6) is 5.75 Å². The largest absolute Gasteiger partial charge is 0.494 e. The number of aliphatic carboxylic acids is 1. The standard InChI is InChI=1S/C19H21NO4/c1-2-24-16-10-8-15(9-11-16)13-18(21)20-17(19(22)23)12-14-6-4-3-5-7-14/h3-11,17H,2,12-13H2,1H3,(H,20,21)(H,22,23). The molecule has 0 aliphatic rings. The summed E-state index contributed by atoms with van der Waals surface area (Å²) < 4.78 is 5.35. The maximum absolute atomic E-state index is 12.1. The van der Waals surface area contributed by atoms with Gasteiger partial charge in [-0.2, -0.15) is 0 Å². The van der Waals surface area contributed by atoms with Crippen molar-refractivity contribution in [3.8, 4) is 5.75 Å². The highest BCUT2D eigenvalue weighted by Crippen LogP contribution is 2.12. The second kappa shape index (κ2) is 8.72.